The minimum absolute atomic E-state index is 0.224. The highest BCUT2D eigenvalue weighted by Gasteiger charge is 2.12. The van der Waals surface area contributed by atoms with Crippen molar-refractivity contribution >= 4 is 11.9 Å². The molecule has 23 heavy (non-hydrogen) atoms. The molecule has 2 rings (SSSR count). The zero-order chi connectivity index (χ0) is 16.7. The quantitative estimate of drug-likeness (QED) is 0.463. The van der Waals surface area contributed by atoms with Gasteiger partial charge in [0.1, 0.15) is 0 Å². The summed E-state index contributed by atoms with van der Waals surface area (Å²) in [6, 6.07) is 13.2. The van der Waals surface area contributed by atoms with Gasteiger partial charge in [-0.3, -0.25) is 0 Å². The van der Waals surface area contributed by atoms with Crippen LogP contribution in [0.3, 0.4) is 0 Å². The Labute approximate surface area is 133 Å². The molecule has 0 fully saturated rings. The number of esters is 2. The van der Waals surface area contributed by atoms with Gasteiger partial charge in [0, 0.05) is 12.2 Å². The highest BCUT2D eigenvalue weighted by atomic mass is 16.6. The first-order valence-corrected chi connectivity index (χ1v) is 6.68. The first-order chi connectivity index (χ1) is 11.1. The van der Waals surface area contributed by atoms with Crippen LogP contribution < -0.4 is 14.2 Å². The van der Waals surface area contributed by atoms with Gasteiger partial charge >= 0.3 is 11.9 Å². The van der Waals surface area contributed by atoms with Gasteiger partial charge < -0.3 is 14.2 Å². The van der Waals surface area contributed by atoms with Crippen LogP contribution in [0.25, 0.3) is 0 Å². The van der Waals surface area contributed by atoms with Crippen LogP contribution in [0.5, 0.6) is 23.0 Å². The van der Waals surface area contributed by atoms with Gasteiger partial charge in [-0.2, -0.15) is 0 Å². The fourth-order valence-electron chi connectivity index (χ4n) is 1.66. The lowest BCUT2D eigenvalue weighted by Gasteiger charge is -2.13. The van der Waals surface area contributed by atoms with Crippen molar-refractivity contribution in [2.24, 2.45) is 0 Å². The van der Waals surface area contributed by atoms with Crippen LogP contribution in [0.2, 0.25) is 0 Å². The summed E-state index contributed by atoms with van der Waals surface area (Å²) in [5.41, 5.74) is 0. The second-order valence-electron chi connectivity index (χ2n) is 4.25. The molecule has 116 valence electrons. The summed E-state index contributed by atoms with van der Waals surface area (Å²) in [6.45, 7) is 6.69. The van der Waals surface area contributed by atoms with E-state index in [1.54, 1.807) is 48.5 Å². The number of carbonyl (C=O) groups excluding carboxylic acids is 2. The van der Waals surface area contributed by atoms with Crippen LogP contribution >= 0.6 is 0 Å². The van der Waals surface area contributed by atoms with Gasteiger partial charge in [0.05, 0.1) is 0 Å². The Kier molecular flexibility index (Phi) is 5.30. The molecule has 0 amide bonds. The summed E-state index contributed by atoms with van der Waals surface area (Å²) < 4.78 is 15.9. The molecule has 2 aromatic rings. The maximum atomic E-state index is 11.4. The molecule has 0 aliphatic heterocycles. The number of benzene rings is 2. The Hall–Kier alpha value is -3.34. The number of para-hydroxylation sites is 4. The second kappa shape index (κ2) is 7.61. The molecule has 0 bridgehead atoms. The van der Waals surface area contributed by atoms with Crippen molar-refractivity contribution in [2.45, 2.75) is 0 Å². The number of carbonyl (C=O) groups is 2. The normalized spacial score (nSPS) is 9.57. The molecule has 5 heteroatoms. The van der Waals surface area contributed by atoms with Crippen LogP contribution in [0.1, 0.15) is 0 Å². The molecule has 0 aromatic heterocycles. The maximum Gasteiger partial charge on any atom is 0.335 e. The molecule has 0 unspecified atom stereocenters. The Bertz CT molecular complexity index is 685. The molecule has 0 heterocycles. The van der Waals surface area contributed by atoms with Gasteiger partial charge in [0.25, 0.3) is 0 Å². The van der Waals surface area contributed by atoms with Crippen LogP contribution in [0.15, 0.2) is 73.8 Å². The van der Waals surface area contributed by atoms with Gasteiger partial charge in [0.15, 0.2) is 23.0 Å². The standard InChI is InChI=1S/C18H14O5/c1-3-17(19)22-15-11-7-5-9-13(15)21-14-10-6-8-12-16(14)23-18(20)4-2/h3-12H,1-2H2. The molecule has 5 nitrogen and oxygen atoms in total. The maximum absolute atomic E-state index is 11.4. The Morgan fingerprint density at radius 1 is 0.696 bits per heavy atom. The first kappa shape index (κ1) is 16.0. The highest BCUT2D eigenvalue weighted by molar-refractivity contribution is 5.84. The van der Waals surface area contributed by atoms with Crippen molar-refractivity contribution in [1.82, 2.24) is 0 Å². The topological polar surface area (TPSA) is 61.8 Å². The molecular weight excluding hydrogens is 296 g/mol. The van der Waals surface area contributed by atoms with E-state index in [-0.39, 0.29) is 11.5 Å². The molecule has 0 N–H and O–H groups in total. The van der Waals surface area contributed by atoms with Crippen molar-refractivity contribution < 1.29 is 23.8 Å². The van der Waals surface area contributed by atoms with Crippen molar-refractivity contribution in [2.75, 3.05) is 0 Å². The average Bonchev–Trinajstić information content (AvgIpc) is 2.58. The molecule has 0 saturated heterocycles. The molecule has 0 saturated carbocycles. The molecule has 0 spiro atoms. The van der Waals surface area contributed by atoms with E-state index in [1.165, 1.54) is 0 Å². The van der Waals surface area contributed by atoms with Crippen molar-refractivity contribution in [1.29, 1.82) is 0 Å². The van der Waals surface area contributed by atoms with E-state index in [9.17, 15) is 9.59 Å². The molecular formula is C18H14O5. The van der Waals surface area contributed by atoms with Crippen LogP contribution in [0, 0.1) is 0 Å². The van der Waals surface area contributed by atoms with Gasteiger partial charge in [-0.1, -0.05) is 37.4 Å². The van der Waals surface area contributed by atoms with E-state index in [0.717, 1.165) is 12.2 Å². The van der Waals surface area contributed by atoms with E-state index in [2.05, 4.69) is 13.2 Å². The van der Waals surface area contributed by atoms with Gasteiger partial charge in [-0.05, 0) is 24.3 Å². The average molecular weight is 310 g/mol. The Balaban J connectivity index is 2.29. The summed E-state index contributed by atoms with van der Waals surface area (Å²) in [7, 11) is 0. The number of hydrogen-bond acceptors (Lipinski definition) is 5. The predicted molar refractivity (Wildman–Crippen MR) is 84.6 cm³/mol. The third-order valence-corrected chi connectivity index (χ3v) is 2.67. The lowest BCUT2D eigenvalue weighted by molar-refractivity contribution is -0.129. The van der Waals surface area contributed by atoms with Gasteiger partial charge in [0.2, 0.25) is 0 Å². The Morgan fingerprint density at radius 2 is 1.04 bits per heavy atom. The predicted octanol–water partition coefficient (Wildman–Crippen LogP) is 3.66. The lowest BCUT2D eigenvalue weighted by Crippen LogP contribution is -2.05. The molecule has 0 atom stereocenters. The summed E-state index contributed by atoms with van der Waals surface area (Å²) >= 11 is 0. The zero-order valence-electron chi connectivity index (χ0n) is 12.2. The van der Waals surface area contributed by atoms with Gasteiger partial charge in [-0.15, -0.1) is 0 Å². The molecule has 0 aliphatic carbocycles. The van der Waals surface area contributed by atoms with E-state index >= 15 is 0 Å². The van der Waals surface area contributed by atoms with Crippen LogP contribution in [-0.2, 0) is 9.59 Å². The third-order valence-electron chi connectivity index (χ3n) is 2.67. The zero-order valence-corrected chi connectivity index (χ0v) is 12.2. The number of hydrogen-bond donors (Lipinski definition) is 0. The van der Waals surface area contributed by atoms with E-state index < -0.39 is 11.9 Å². The lowest BCUT2D eigenvalue weighted by atomic mass is 10.3. The summed E-state index contributed by atoms with van der Waals surface area (Å²) in [5.74, 6) is -0.168. The molecule has 0 radical (unpaired) electrons. The fraction of sp³-hybridized carbons (Fsp3) is 0. The summed E-state index contributed by atoms with van der Waals surface area (Å²) in [6.07, 6.45) is 2.10. The third kappa shape index (κ3) is 4.31. The summed E-state index contributed by atoms with van der Waals surface area (Å²) in [4.78, 5) is 22.7. The minimum atomic E-state index is -0.604. The first-order valence-electron chi connectivity index (χ1n) is 6.68. The highest BCUT2D eigenvalue weighted by Crippen LogP contribution is 2.36. The smallest absolute Gasteiger partial charge is 0.335 e. The number of rotatable bonds is 6. The van der Waals surface area contributed by atoms with E-state index in [0.29, 0.717) is 11.5 Å². The fourth-order valence-corrected chi connectivity index (χ4v) is 1.66. The summed E-state index contributed by atoms with van der Waals surface area (Å²) in [5, 5.41) is 0. The minimum Gasteiger partial charge on any atom is -0.450 e. The monoisotopic (exact) mass is 310 g/mol. The van der Waals surface area contributed by atoms with Crippen molar-refractivity contribution in [3.05, 3.63) is 73.8 Å². The van der Waals surface area contributed by atoms with Crippen LogP contribution in [0.4, 0.5) is 0 Å². The Morgan fingerprint density at radius 3 is 1.39 bits per heavy atom. The number of ether oxygens (including phenoxy) is 3. The van der Waals surface area contributed by atoms with E-state index in [4.69, 9.17) is 14.2 Å². The second-order valence-corrected chi connectivity index (χ2v) is 4.25. The van der Waals surface area contributed by atoms with Crippen LogP contribution in [-0.4, -0.2) is 11.9 Å². The molecule has 0 aliphatic rings. The SMILES string of the molecule is C=CC(=O)Oc1ccccc1Oc1ccccc1OC(=O)C=C. The van der Waals surface area contributed by atoms with Gasteiger partial charge in [-0.25, -0.2) is 9.59 Å². The largest absolute Gasteiger partial charge is 0.450 e. The molecule has 2 aromatic carbocycles. The van der Waals surface area contributed by atoms with Crippen molar-refractivity contribution in [3.63, 3.8) is 0 Å². The van der Waals surface area contributed by atoms with Crippen molar-refractivity contribution in [3.8, 4) is 23.0 Å². The van der Waals surface area contributed by atoms with E-state index in [1.807, 2.05) is 0 Å².